The molecule has 3 rings (SSSR count). The molecule has 2 heterocycles. The van der Waals surface area contributed by atoms with Crippen LogP contribution in [0.4, 0.5) is 0 Å². The first kappa shape index (κ1) is 25.3. The summed E-state index contributed by atoms with van der Waals surface area (Å²) in [5, 5.41) is 0.526. The van der Waals surface area contributed by atoms with Crippen LogP contribution in [0.15, 0.2) is 40.3 Å². The fourth-order valence-electron chi connectivity index (χ4n) is 3.59. The molecule has 11 heteroatoms. The lowest BCUT2D eigenvalue weighted by atomic mass is 10.1. The number of carbonyl (C=O) groups excluding carboxylic acids is 3. The third-order valence-electron chi connectivity index (χ3n) is 5.37. The van der Waals surface area contributed by atoms with Crippen molar-refractivity contribution in [3.63, 3.8) is 0 Å². The Bertz CT molecular complexity index is 1000. The summed E-state index contributed by atoms with van der Waals surface area (Å²) in [6.07, 6.45) is 4.51. The van der Waals surface area contributed by atoms with E-state index in [1.165, 1.54) is 46.3 Å². The number of thioether (sulfide) groups is 1. The zero-order chi connectivity index (χ0) is 23.8. The second-order valence-corrected chi connectivity index (χ2v) is 10.6. The van der Waals surface area contributed by atoms with E-state index in [0.717, 1.165) is 19.3 Å². The Hall–Kier alpha value is -2.37. The molecule has 0 atom stereocenters. The van der Waals surface area contributed by atoms with Gasteiger partial charge >= 0.3 is 11.9 Å². The number of piperidine rings is 1. The minimum absolute atomic E-state index is 0.0238. The van der Waals surface area contributed by atoms with Crippen LogP contribution >= 0.6 is 11.8 Å². The second-order valence-electron chi connectivity index (χ2n) is 7.70. The van der Waals surface area contributed by atoms with Crippen molar-refractivity contribution in [2.24, 2.45) is 0 Å². The minimum atomic E-state index is -3.50. The van der Waals surface area contributed by atoms with Gasteiger partial charge in [-0.3, -0.25) is 9.59 Å². The van der Waals surface area contributed by atoms with Crippen molar-refractivity contribution < 1.29 is 32.3 Å². The summed E-state index contributed by atoms with van der Waals surface area (Å²) in [4.78, 5) is 37.3. The number of ether oxygens (including phenoxy) is 2. The SMILES string of the molecule is COC(=O)/C=C1/SCC(=O)N1CCCOC(=O)Cc1ccc(S(=O)(=O)N2CCCCC2)cc1. The molecule has 9 nitrogen and oxygen atoms in total. The monoisotopic (exact) mass is 496 g/mol. The first-order valence-corrected chi connectivity index (χ1v) is 13.2. The molecule has 2 fully saturated rings. The van der Waals surface area contributed by atoms with Crippen molar-refractivity contribution in [1.82, 2.24) is 9.21 Å². The van der Waals surface area contributed by atoms with Gasteiger partial charge in [0, 0.05) is 19.6 Å². The maximum atomic E-state index is 12.7. The first-order valence-electron chi connectivity index (χ1n) is 10.8. The number of nitrogens with zero attached hydrogens (tertiary/aromatic N) is 2. The van der Waals surface area contributed by atoms with Crippen LogP contribution in [-0.4, -0.2) is 74.6 Å². The molecule has 0 bridgehead atoms. The van der Waals surface area contributed by atoms with Crippen LogP contribution in [0.5, 0.6) is 0 Å². The molecular weight excluding hydrogens is 468 g/mol. The average molecular weight is 497 g/mol. The summed E-state index contributed by atoms with van der Waals surface area (Å²) in [7, 11) is -2.23. The number of amides is 1. The van der Waals surface area contributed by atoms with Crippen molar-refractivity contribution in [2.45, 2.75) is 37.0 Å². The van der Waals surface area contributed by atoms with Gasteiger partial charge in [-0.25, -0.2) is 13.2 Å². The number of benzene rings is 1. The normalized spacial score (nSPS) is 18.5. The maximum absolute atomic E-state index is 12.7. The average Bonchev–Trinajstić information content (AvgIpc) is 3.16. The number of hydrogen-bond donors (Lipinski definition) is 0. The number of rotatable bonds is 9. The Kier molecular flexibility index (Phi) is 8.93. The third kappa shape index (κ3) is 6.81. The molecule has 0 radical (unpaired) electrons. The highest BCUT2D eigenvalue weighted by Gasteiger charge is 2.27. The van der Waals surface area contributed by atoms with Crippen molar-refractivity contribution >= 4 is 39.6 Å². The summed E-state index contributed by atoms with van der Waals surface area (Å²) >= 11 is 1.26. The Balaban J connectivity index is 1.45. The maximum Gasteiger partial charge on any atom is 0.333 e. The van der Waals surface area contributed by atoms with Gasteiger partial charge in [0.05, 0.1) is 41.9 Å². The van der Waals surface area contributed by atoms with E-state index in [1.54, 1.807) is 12.1 Å². The standard InChI is InChI=1S/C22H28N2O7S2/c1-30-21(26)15-20-24(19(25)16-32-20)12-5-13-31-22(27)14-17-6-8-18(9-7-17)33(28,29)23-10-3-2-4-11-23/h6-9,15H,2-5,10-14,16H2,1H3/b20-15+. The van der Waals surface area contributed by atoms with Crippen molar-refractivity contribution in [1.29, 1.82) is 0 Å². The van der Waals surface area contributed by atoms with Crippen molar-refractivity contribution in [3.05, 3.63) is 40.9 Å². The van der Waals surface area contributed by atoms with Gasteiger partial charge in [-0.05, 0) is 37.0 Å². The fourth-order valence-corrected chi connectivity index (χ4v) is 6.06. The van der Waals surface area contributed by atoms with Gasteiger partial charge in [0.2, 0.25) is 15.9 Å². The molecule has 1 aromatic carbocycles. The molecule has 180 valence electrons. The Labute approximate surface area is 198 Å². The predicted molar refractivity (Wildman–Crippen MR) is 123 cm³/mol. The van der Waals surface area contributed by atoms with Gasteiger partial charge in [-0.2, -0.15) is 4.31 Å². The molecule has 2 aliphatic heterocycles. The molecular formula is C22H28N2O7S2. The van der Waals surface area contributed by atoms with E-state index < -0.39 is 22.0 Å². The highest BCUT2D eigenvalue weighted by atomic mass is 32.2. The van der Waals surface area contributed by atoms with Gasteiger partial charge in [0.15, 0.2) is 0 Å². The Morgan fingerprint density at radius 1 is 1.12 bits per heavy atom. The lowest BCUT2D eigenvalue weighted by Gasteiger charge is -2.25. The number of sulfonamides is 1. The minimum Gasteiger partial charge on any atom is -0.466 e. The van der Waals surface area contributed by atoms with Crippen LogP contribution in [0.1, 0.15) is 31.2 Å². The number of hydrogen-bond acceptors (Lipinski definition) is 8. The molecule has 1 aromatic rings. The quantitative estimate of drug-likeness (QED) is 0.290. The molecule has 0 unspecified atom stereocenters. The van der Waals surface area contributed by atoms with Gasteiger partial charge in [0.1, 0.15) is 0 Å². The second kappa shape index (κ2) is 11.7. The molecule has 2 saturated heterocycles. The van der Waals surface area contributed by atoms with E-state index in [9.17, 15) is 22.8 Å². The number of esters is 2. The van der Waals surface area contributed by atoms with E-state index >= 15 is 0 Å². The molecule has 1 amide bonds. The summed E-state index contributed by atoms with van der Waals surface area (Å²) in [5.41, 5.74) is 0.659. The van der Waals surface area contributed by atoms with Crippen LogP contribution in [-0.2, 0) is 40.3 Å². The predicted octanol–water partition coefficient (Wildman–Crippen LogP) is 1.93. The first-order chi connectivity index (χ1) is 15.8. The van der Waals surface area contributed by atoms with E-state index in [-0.39, 0.29) is 29.6 Å². The van der Waals surface area contributed by atoms with Crippen LogP contribution in [0.2, 0.25) is 0 Å². The molecule has 0 aromatic heterocycles. The molecule has 0 saturated carbocycles. The highest BCUT2D eigenvalue weighted by Crippen LogP contribution is 2.28. The number of methoxy groups -OCH3 is 1. The topological polar surface area (TPSA) is 110 Å². The fraction of sp³-hybridized carbons (Fsp3) is 0.500. The van der Waals surface area contributed by atoms with Crippen LogP contribution in [0.25, 0.3) is 0 Å². The zero-order valence-electron chi connectivity index (χ0n) is 18.5. The van der Waals surface area contributed by atoms with Gasteiger partial charge in [-0.15, -0.1) is 0 Å². The summed E-state index contributed by atoms with van der Waals surface area (Å²) < 4.78 is 36.8. The van der Waals surface area contributed by atoms with Gasteiger partial charge in [-0.1, -0.05) is 30.3 Å². The van der Waals surface area contributed by atoms with Crippen LogP contribution in [0, 0.1) is 0 Å². The Morgan fingerprint density at radius 2 is 1.82 bits per heavy atom. The van der Waals surface area contributed by atoms with Gasteiger partial charge < -0.3 is 14.4 Å². The molecule has 0 spiro atoms. The lowest BCUT2D eigenvalue weighted by molar-refractivity contribution is -0.143. The summed E-state index contributed by atoms with van der Waals surface area (Å²) in [5.74, 6) is -0.819. The van der Waals surface area contributed by atoms with Crippen molar-refractivity contribution in [2.75, 3.05) is 39.1 Å². The molecule has 33 heavy (non-hydrogen) atoms. The van der Waals surface area contributed by atoms with E-state index in [1.807, 2.05) is 0 Å². The van der Waals surface area contributed by atoms with Crippen molar-refractivity contribution in [3.8, 4) is 0 Å². The lowest BCUT2D eigenvalue weighted by Crippen LogP contribution is -2.35. The van der Waals surface area contributed by atoms with Crippen LogP contribution < -0.4 is 0 Å². The molecule has 0 N–H and O–H groups in total. The number of carbonyl (C=O) groups is 3. The largest absolute Gasteiger partial charge is 0.466 e. The zero-order valence-corrected chi connectivity index (χ0v) is 20.2. The van der Waals surface area contributed by atoms with E-state index in [2.05, 4.69) is 4.74 Å². The molecule has 0 aliphatic carbocycles. The summed E-state index contributed by atoms with van der Waals surface area (Å²) in [6.45, 7) is 1.53. The third-order valence-corrected chi connectivity index (χ3v) is 8.31. The van der Waals surface area contributed by atoms with Crippen LogP contribution in [0.3, 0.4) is 0 Å². The molecule has 2 aliphatic rings. The smallest absolute Gasteiger partial charge is 0.333 e. The van der Waals surface area contributed by atoms with E-state index in [4.69, 9.17) is 4.74 Å². The summed E-state index contributed by atoms with van der Waals surface area (Å²) in [6, 6.07) is 6.31. The van der Waals surface area contributed by atoms with Gasteiger partial charge in [0.25, 0.3) is 0 Å². The highest BCUT2D eigenvalue weighted by molar-refractivity contribution is 8.04. The Morgan fingerprint density at radius 3 is 2.48 bits per heavy atom. The van der Waals surface area contributed by atoms with E-state index in [0.29, 0.717) is 36.6 Å².